The van der Waals surface area contributed by atoms with Crippen LogP contribution in [0.25, 0.3) is 11.1 Å². The monoisotopic (exact) mass is 466 g/mol. The highest BCUT2D eigenvalue weighted by Gasteiger charge is 2.30. The van der Waals surface area contributed by atoms with Crippen molar-refractivity contribution in [2.75, 3.05) is 6.61 Å². The second-order valence-corrected chi connectivity index (χ2v) is 9.35. The van der Waals surface area contributed by atoms with Gasteiger partial charge in [0.2, 0.25) is 5.91 Å². The molecule has 0 aliphatic heterocycles. The number of hydrogen-bond acceptors (Lipinski definition) is 4. The molecule has 0 heterocycles. The maximum atomic E-state index is 12.8. The largest absolute Gasteiger partial charge is 0.481 e. The molecule has 0 spiro atoms. The summed E-state index contributed by atoms with van der Waals surface area (Å²) in [6.45, 7) is 5.98. The first-order valence-corrected chi connectivity index (χ1v) is 11.9. The number of hydrogen-bond donors (Lipinski definition) is 3. The van der Waals surface area contributed by atoms with Gasteiger partial charge in [0, 0.05) is 18.4 Å². The molecule has 2 atom stereocenters. The summed E-state index contributed by atoms with van der Waals surface area (Å²) in [7, 11) is 0. The normalized spacial score (nSPS) is 14.1. The number of carbonyl (C=O) groups excluding carboxylic acids is 2. The Morgan fingerprint density at radius 2 is 1.53 bits per heavy atom. The number of amides is 2. The van der Waals surface area contributed by atoms with E-state index in [9.17, 15) is 14.4 Å². The van der Waals surface area contributed by atoms with Crippen molar-refractivity contribution >= 4 is 18.0 Å². The summed E-state index contributed by atoms with van der Waals surface area (Å²) in [5, 5.41) is 14.4. The van der Waals surface area contributed by atoms with Crippen LogP contribution in [-0.4, -0.2) is 41.8 Å². The second kappa shape index (κ2) is 11.7. The van der Waals surface area contributed by atoms with E-state index in [4.69, 9.17) is 9.84 Å². The lowest BCUT2D eigenvalue weighted by Crippen LogP contribution is -2.49. The van der Waals surface area contributed by atoms with Gasteiger partial charge in [0.05, 0.1) is 0 Å². The Balaban J connectivity index is 1.59. The van der Waals surface area contributed by atoms with Gasteiger partial charge in [-0.05, 0) is 54.4 Å². The minimum atomic E-state index is -0.854. The topological polar surface area (TPSA) is 105 Å². The molecule has 2 unspecified atom stereocenters. The summed E-state index contributed by atoms with van der Waals surface area (Å²) in [5.74, 6) is -1.00. The lowest BCUT2D eigenvalue weighted by Gasteiger charge is -2.23. The van der Waals surface area contributed by atoms with E-state index in [1.807, 2.05) is 45.0 Å². The van der Waals surface area contributed by atoms with E-state index >= 15 is 0 Å². The number of nitrogens with one attached hydrogen (secondary N) is 2. The van der Waals surface area contributed by atoms with Crippen LogP contribution in [0.2, 0.25) is 0 Å². The predicted octanol–water partition coefficient (Wildman–Crippen LogP) is 4.70. The van der Waals surface area contributed by atoms with E-state index in [1.165, 1.54) is 0 Å². The Morgan fingerprint density at radius 1 is 0.941 bits per heavy atom. The van der Waals surface area contributed by atoms with Crippen molar-refractivity contribution in [3.05, 3.63) is 59.7 Å². The van der Waals surface area contributed by atoms with Crippen LogP contribution in [0.1, 0.15) is 63.5 Å². The predicted molar refractivity (Wildman–Crippen MR) is 131 cm³/mol. The van der Waals surface area contributed by atoms with E-state index in [-0.39, 0.29) is 36.8 Å². The molecule has 0 saturated carbocycles. The smallest absolute Gasteiger partial charge is 0.407 e. The van der Waals surface area contributed by atoms with E-state index in [0.29, 0.717) is 19.3 Å². The Hall–Kier alpha value is -3.35. The molecule has 2 aromatic rings. The third-order valence-electron chi connectivity index (χ3n) is 6.08. The van der Waals surface area contributed by atoms with Crippen molar-refractivity contribution in [2.24, 2.45) is 5.92 Å². The van der Waals surface area contributed by atoms with E-state index < -0.39 is 18.1 Å². The highest BCUT2D eigenvalue weighted by atomic mass is 16.5. The van der Waals surface area contributed by atoms with E-state index in [1.54, 1.807) is 0 Å². The van der Waals surface area contributed by atoms with Gasteiger partial charge < -0.3 is 20.5 Å². The Labute approximate surface area is 200 Å². The van der Waals surface area contributed by atoms with Gasteiger partial charge in [-0.3, -0.25) is 9.59 Å². The molecule has 0 bridgehead atoms. The van der Waals surface area contributed by atoms with Gasteiger partial charge in [0.1, 0.15) is 12.6 Å². The first-order valence-electron chi connectivity index (χ1n) is 11.9. The molecule has 0 saturated heterocycles. The number of carbonyl (C=O) groups is 3. The van der Waals surface area contributed by atoms with Gasteiger partial charge in [0.15, 0.2) is 0 Å². The van der Waals surface area contributed by atoms with Crippen LogP contribution < -0.4 is 10.6 Å². The average molecular weight is 467 g/mol. The van der Waals surface area contributed by atoms with Gasteiger partial charge in [-0.15, -0.1) is 0 Å². The molecule has 2 aromatic carbocycles. The average Bonchev–Trinajstić information content (AvgIpc) is 3.10. The molecule has 0 radical (unpaired) electrons. The van der Waals surface area contributed by atoms with Crippen molar-refractivity contribution in [1.29, 1.82) is 0 Å². The van der Waals surface area contributed by atoms with Crippen molar-refractivity contribution < 1.29 is 24.2 Å². The molecule has 7 nitrogen and oxygen atoms in total. The Kier molecular flexibility index (Phi) is 8.68. The van der Waals surface area contributed by atoms with Crippen LogP contribution in [0.5, 0.6) is 0 Å². The molecule has 3 N–H and O–H groups in total. The minimum Gasteiger partial charge on any atom is -0.481 e. The molecule has 182 valence electrons. The summed E-state index contributed by atoms with van der Waals surface area (Å²) in [5.41, 5.74) is 4.56. The SMILES string of the molecule is CC(C)CC(NC(=O)OCC1c2ccccc2-c2ccccc21)C(=O)NC(C)CCCC(=O)O. The Bertz CT molecular complexity index is 974. The molecule has 34 heavy (non-hydrogen) atoms. The fourth-order valence-corrected chi connectivity index (χ4v) is 4.46. The lowest BCUT2D eigenvalue weighted by molar-refractivity contribution is -0.137. The van der Waals surface area contributed by atoms with Crippen LogP contribution >= 0.6 is 0 Å². The number of benzene rings is 2. The van der Waals surface area contributed by atoms with Crippen molar-refractivity contribution in [3.63, 3.8) is 0 Å². The maximum absolute atomic E-state index is 12.8. The Morgan fingerprint density at radius 3 is 2.09 bits per heavy atom. The summed E-state index contributed by atoms with van der Waals surface area (Å²) >= 11 is 0. The van der Waals surface area contributed by atoms with Crippen LogP contribution in [0.3, 0.4) is 0 Å². The first kappa shape index (κ1) is 25.3. The van der Waals surface area contributed by atoms with Crippen molar-refractivity contribution in [3.8, 4) is 11.1 Å². The summed E-state index contributed by atoms with van der Waals surface area (Å²) < 4.78 is 5.60. The molecule has 0 fully saturated rings. The number of rotatable bonds is 11. The molecule has 3 rings (SSSR count). The molecule has 1 aliphatic rings. The summed E-state index contributed by atoms with van der Waals surface area (Å²) in [4.78, 5) is 36.2. The van der Waals surface area contributed by atoms with Crippen LogP contribution in [0, 0.1) is 5.92 Å². The van der Waals surface area contributed by atoms with Gasteiger partial charge in [-0.25, -0.2) is 4.79 Å². The molecule has 0 aromatic heterocycles. The second-order valence-electron chi connectivity index (χ2n) is 9.35. The molecule has 1 aliphatic carbocycles. The minimum absolute atomic E-state index is 0.0511. The van der Waals surface area contributed by atoms with Crippen LogP contribution in [0.15, 0.2) is 48.5 Å². The molecular formula is C27H34N2O5. The number of carboxylic acids is 1. The third kappa shape index (κ3) is 6.59. The standard InChI is InChI=1S/C27H34N2O5/c1-17(2)15-24(26(32)28-18(3)9-8-14-25(30)31)29-27(33)34-16-23-21-12-6-4-10-19(21)20-11-5-7-13-22(20)23/h4-7,10-13,17-18,23-24H,8-9,14-16H2,1-3H3,(H,28,32)(H,29,33)(H,30,31). The van der Waals surface area contributed by atoms with Crippen LogP contribution in [0.4, 0.5) is 4.79 Å². The van der Waals surface area contributed by atoms with Gasteiger partial charge in [0.25, 0.3) is 0 Å². The molecule has 2 amide bonds. The van der Waals surface area contributed by atoms with Gasteiger partial charge in [-0.1, -0.05) is 62.4 Å². The highest BCUT2D eigenvalue weighted by Crippen LogP contribution is 2.44. The number of fused-ring (bicyclic) bond motifs is 3. The van der Waals surface area contributed by atoms with Crippen molar-refractivity contribution in [2.45, 2.75) is 64.5 Å². The van der Waals surface area contributed by atoms with E-state index in [2.05, 4.69) is 34.9 Å². The number of alkyl carbamates (subject to hydrolysis) is 1. The highest BCUT2D eigenvalue weighted by molar-refractivity contribution is 5.86. The quantitative estimate of drug-likeness (QED) is 0.445. The summed E-state index contributed by atoms with van der Waals surface area (Å²) in [6.07, 6.45) is 0.940. The van der Waals surface area contributed by atoms with Gasteiger partial charge >= 0.3 is 12.1 Å². The number of ether oxygens (including phenoxy) is 1. The number of carboxylic acid groups (broad SMARTS) is 1. The van der Waals surface area contributed by atoms with Crippen molar-refractivity contribution in [1.82, 2.24) is 10.6 Å². The fourth-order valence-electron chi connectivity index (χ4n) is 4.46. The summed E-state index contributed by atoms with van der Waals surface area (Å²) in [6, 6.07) is 15.3. The van der Waals surface area contributed by atoms with Crippen LogP contribution in [-0.2, 0) is 14.3 Å². The zero-order valence-electron chi connectivity index (χ0n) is 20.0. The maximum Gasteiger partial charge on any atom is 0.407 e. The lowest BCUT2D eigenvalue weighted by atomic mass is 9.98. The third-order valence-corrected chi connectivity index (χ3v) is 6.08. The van der Waals surface area contributed by atoms with Gasteiger partial charge in [-0.2, -0.15) is 0 Å². The number of aliphatic carboxylic acids is 1. The zero-order valence-corrected chi connectivity index (χ0v) is 20.0. The zero-order chi connectivity index (χ0) is 24.7. The van der Waals surface area contributed by atoms with E-state index in [0.717, 1.165) is 22.3 Å². The first-order chi connectivity index (χ1) is 16.3. The molecular weight excluding hydrogens is 432 g/mol. The molecule has 7 heteroatoms. The fraction of sp³-hybridized carbons (Fsp3) is 0.444.